The van der Waals surface area contributed by atoms with Crippen molar-refractivity contribution in [2.24, 2.45) is 0 Å². The van der Waals surface area contributed by atoms with Crippen LogP contribution in [0.3, 0.4) is 0 Å². The van der Waals surface area contributed by atoms with Crippen LogP contribution in [0, 0.1) is 13.8 Å². The molecule has 1 aromatic heterocycles. The van der Waals surface area contributed by atoms with E-state index in [0.29, 0.717) is 10.8 Å². The van der Waals surface area contributed by atoms with Crippen molar-refractivity contribution in [1.29, 1.82) is 0 Å². The Morgan fingerprint density at radius 3 is 2.74 bits per heavy atom. The molecule has 2 rings (SSSR count). The van der Waals surface area contributed by atoms with Crippen LogP contribution < -0.4 is 4.74 Å². The highest BCUT2D eigenvalue weighted by Crippen LogP contribution is 2.28. The number of benzene rings is 1. The van der Waals surface area contributed by atoms with Crippen molar-refractivity contribution < 1.29 is 9.53 Å². The number of aryl methyl sites for hydroxylation is 2. The zero-order valence-corrected chi connectivity index (χ0v) is 13.7. The lowest BCUT2D eigenvalue weighted by atomic mass is 10.2. The molecule has 0 aliphatic rings. The van der Waals surface area contributed by atoms with Gasteiger partial charge in [0.1, 0.15) is 5.75 Å². The van der Waals surface area contributed by atoms with E-state index in [4.69, 9.17) is 16.3 Å². The number of carbonyl (C=O) groups is 1. The molecule has 0 unspecified atom stereocenters. The Kier molecular flexibility index (Phi) is 4.66. The molecule has 100 valence electrons. The summed E-state index contributed by atoms with van der Waals surface area (Å²) in [6, 6.07) is 7.20. The summed E-state index contributed by atoms with van der Waals surface area (Å²) in [6.07, 6.45) is 0. The smallest absolute Gasteiger partial charge is 0.201 e. The van der Waals surface area contributed by atoms with E-state index in [9.17, 15) is 4.79 Å². The third-order valence-electron chi connectivity index (χ3n) is 2.59. The minimum Gasteiger partial charge on any atom is -0.484 e. The first kappa shape index (κ1) is 14.6. The maximum Gasteiger partial charge on any atom is 0.201 e. The highest BCUT2D eigenvalue weighted by Gasteiger charge is 2.13. The van der Waals surface area contributed by atoms with Gasteiger partial charge < -0.3 is 4.74 Å². The number of hydrogen-bond acceptors (Lipinski definition) is 3. The van der Waals surface area contributed by atoms with Crippen LogP contribution in [0.5, 0.6) is 5.75 Å². The zero-order chi connectivity index (χ0) is 14.0. The first-order valence-electron chi connectivity index (χ1n) is 5.65. The topological polar surface area (TPSA) is 26.3 Å². The van der Waals surface area contributed by atoms with E-state index in [1.807, 2.05) is 26.0 Å². The first-order chi connectivity index (χ1) is 8.97. The number of Topliss-reactive ketones (excluding diaryl/α,β-unsaturated/α-hetero) is 1. The molecule has 0 N–H and O–H groups in total. The van der Waals surface area contributed by atoms with Gasteiger partial charge in [0.05, 0.1) is 5.02 Å². The third-order valence-corrected chi connectivity index (χ3v) is 4.36. The standard InChI is InChI=1S/C14H12BrClO2S/c1-8-5-11(9(2)19-8)13(17)7-18-14-6-10(15)3-4-12(14)16/h3-6H,7H2,1-2H3. The van der Waals surface area contributed by atoms with E-state index < -0.39 is 0 Å². The number of rotatable bonds is 4. The van der Waals surface area contributed by atoms with Crippen LogP contribution in [0.15, 0.2) is 28.7 Å². The predicted octanol–water partition coefficient (Wildman–Crippen LogP) is 5.04. The highest BCUT2D eigenvalue weighted by atomic mass is 79.9. The van der Waals surface area contributed by atoms with Crippen LogP contribution >= 0.6 is 38.9 Å². The second kappa shape index (κ2) is 6.07. The molecular formula is C14H12BrClO2S. The summed E-state index contributed by atoms with van der Waals surface area (Å²) in [5.41, 5.74) is 0.730. The Morgan fingerprint density at radius 2 is 2.11 bits per heavy atom. The van der Waals surface area contributed by atoms with Gasteiger partial charge in [0.25, 0.3) is 0 Å². The SMILES string of the molecule is Cc1cc(C(=O)COc2cc(Br)ccc2Cl)c(C)s1. The van der Waals surface area contributed by atoms with Gasteiger partial charge >= 0.3 is 0 Å². The van der Waals surface area contributed by atoms with Gasteiger partial charge in [0.2, 0.25) is 5.78 Å². The van der Waals surface area contributed by atoms with Gasteiger partial charge in [-0.25, -0.2) is 0 Å². The van der Waals surface area contributed by atoms with E-state index in [1.165, 1.54) is 0 Å². The fourth-order valence-corrected chi connectivity index (χ4v) is 3.17. The molecule has 0 saturated carbocycles. The average Bonchev–Trinajstić information content (AvgIpc) is 2.69. The Hall–Kier alpha value is -0.840. The normalized spacial score (nSPS) is 10.5. The van der Waals surface area contributed by atoms with E-state index in [1.54, 1.807) is 23.5 Å². The van der Waals surface area contributed by atoms with Crippen molar-refractivity contribution in [1.82, 2.24) is 0 Å². The zero-order valence-electron chi connectivity index (χ0n) is 10.5. The van der Waals surface area contributed by atoms with Gasteiger partial charge in [0, 0.05) is 19.8 Å². The van der Waals surface area contributed by atoms with E-state index in [0.717, 1.165) is 19.8 Å². The summed E-state index contributed by atoms with van der Waals surface area (Å²) >= 11 is 11.0. The maximum absolute atomic E-state index is 12.1. The van der Waals surface area contributed by atoms with Crippen molar-refractivity contribution in [2.45, 2.75) is 13.8 Å². The minimum absolute atomic E-state index is 0.00676. The number of ether oxygens (including phenoxy) is 1. The van der Waals surface area contributed by atoms with Crippen LogP contribution in [0.1, 0.15) is 20.1 Å². The van der Waals surface area contributed by atoms with Crippen LogP contribution in [0.2, 0.25) is 5.02 Å². The Balaban J connectivity index is 2.08. The molecule has 2 aromatic rings. The van der Waals surface area contributed by atoms with Crippen molar-refractivity contribution in [3.05, 3.63) is 49.1 Å². The second-order valence-electron chi connectivity index (χ2n) is 4.11. The molecule has 0 aliphatic heterocycles. The number of thiophene rings is 1. The monoisotopic (exact) mass is 358 g/mol. The fourth-order valence-electron chi connectivity index (χ4n) is 1.72. The molecule has 0 amide bonds. The molecule has 0 aliphatic carbocycles. The average molecular weight is 360 g/mol. The summed E-state index contributed by atoms with van der Waals surface area (Å²) in [4.78, 5) is 14.2. The van der Waals surface area contributed by atoms with E-state index in [-0.39, 0.29) is 12.4 Å². The van der Waals surface area contributed by atoms with Crippen molar-refractivity contribution >= 4 is 44.7 Å². The van der Waals surface area contributed by atoms with Gasteiger partial charge in [0.15, 0.2) is 6.61 Å². The Labute approximate surface area is 129 Å². The van der Waals surface area contributed by atoms with Gasteiger partial charge in [-0.15, -0.1) is 11.3 Å². The van der Waals surface area contributed by atoms with Crippen LogP contribution in [-0.4, -0.2) is 12.4 Å². The van der Waals surface area contributed by atoms with Crippen LogP contribution in [-0.2, 0) is 0 Å². The van der Waals surface area contributed by atoms with Crippen LogP contribution in [0.25, 0.3) is 0 Å². The molecule has 2 nitrogen and oxygen atoms in total. The molecule has 0 radical (unpaired) electrons. The predicted molar refractivity (Wildman–Crippen MR) is 82.8 cm³/mol. The van der Waals surface area contributed by atoms with Crippen LogP contribution in [0.4, 0.5) is 0 Å². The number of ketones is 1. The summed E-state index contributed by atoms with van der Waals surface area (Å²) in [6.45, 7) is 3.92. The summed E-state index contributed by atoms with van der Waals surface area (Å²) < 4.78 is 6.35. The van der Waals surface area contributed by atoms with Gasteiger partial charge in [-0.3, -0.25) is 4.79 Å². The van der Waals surface area contributed by atoms with Gasteiger partial charge in [-0.05, 0) is 38.1 Å². The highest BCUT2D eigenvalue weighted by molar-refractivity contribution is 9.10. The first-order valence-corrected chi connectivity index (χ1v) is 7.64. The molecule has 5 heteroatoms. The molecule has 0 spiro atoms. The van der Waals surface area contributed by atoms with Crippen molar-refractivity contribution in [2.75, 3.05) is 6.61 Å². The quantitative estimate of drug-likeness (QED) is 0.715. The lowest BCUT2D eigenvalue weighted by molar-refractivity contribution is 0.0921. The maximum atomic E-state index is 12.1. The van der Waals surface area contributed by atoms with Crippen molar-refractivity contribution in [3.8, 4) is 5.75 Å². The molecular weight excluding hydrogens is 348 g/mol. The second-order valence-corrected chi connectivity index (χ2v) is 6.90. The van der Waals surface area contributed by atoms with E-state index >= 15 is 0 Å². The number of carbonyl (C=O) groups excluding carboxylic acids is 1. The van der Waals surface area contributed by atoms with Gasteiger partial charge in [-0.1, -0.05) is 27.5 Å². The molecule has 0 fully saturated rings. The van der Waals surface area contributed by atoms with Gasteiger partial charge in [-0.2, -0.15) is 0 Å². The Morgan fingerprint density at radius 1 is 1.37 bits per heavy atom. The molecule has 19 heavy (non-hydrogen) atoms. The number of hydrogen-bond donors (Lipinski definition) is 0. The van der Waals surface area contributed by atoms with Crippen molar-refractivity contribution in [3.63, 3.8) is 0 Å². The third kappa shape index (κ3) is 3.59. The number of halogens is 2. The Bertz CT molecular complexity index is 622. The summed E-state index contributed by atoms with van der Waals surface area (Å²) in [7, 11) is 0. The molecule has 0 atom stereocenters. The summed E-state index contributed by atoms with van der Waals surface area (Å²) in [5.74, 6) is 0.479. The summed E-state index contributed by atoms with van der Waals surface area (Å²) in [5, 5.41) is 0.495. The molecule has 0 bridgehead atoms. The lowest BCUT2D eigenvalue weighted by Gasteiger charge is -2.07. The molecule has 1 heterocycles. The minimum atomic E-state index is -0.0297. The van der Waals surface area contributed by atoms with E-state index in [2.05, 4.69) is 15.9 Å². The largest absolute Gasteiger partial charge is 0.484 e. The fraction of sp³-hybridized carbons (Fsp3) is 0.214. The lowest BCUT2D eigenvalue weighted by Crippen LogP contribution is -2.11. The molecule has 1 aromatic carbocycles. The molecule has 0 saturated heterocycles.